The molecule has 0 spiro atoms. The molecule has 8 heteroatoms. The van der Waals surface area contributed by atoms with Crippen LogP contribution in [0.2, 0.25) is 0 Å². The van der Waals surface area contributed by atoms with Gasteiger partial charge in [0.25, 0.3) is 5.91 Å². The number of carbonyl (C=O) groups is 1. The molecule has 1 aromatic heterocycles. The van der Waals surface area contributed by atoms with Crippen LogP contribution in [-0.4, -0.2) is 37.4 Å². The Morgan fingerprint density at radius 1 is 1.03 bits per heavy atom. The maximum atomic E-state index is 12.2. The molecule has 1 N–H and O–H groups in total. The Labute approximate surface area is 174 Å². The molecular formula is C22H23N3O5. The number of rotatable bonds is 8. The van der Waals surface area contributed by atoms with Gasteiger partial charge in [0.2, 0.25) is 11.6 Å². The first-order chi connectivity index (χ1) is 14.5. The van der Waals surface area contributed by atoms with E-state index >= 15 is 0 Å². The molecule has 3 aromatic rings. The Balaban J connectivity index is 1.65. The zero-order valence-corrected chi connectivity index (χ0v) is 17.3. The second-order valence-electron chi connectivity index (χ2n) is 6.44. The van der Waals surface area contributed by atoms with E-state index < -0.39 is 5.91 Å². The zero-order chi connectivity index (χ0) is 21.5. The summed E-state index contributed by atoms with van der Waals surface area (Å²) < 4.78 is 21.4. The van der Waals surface area contributed by atoms with Crippen molar-refractivity contribution in [2.75, 3.05) is 26.6 Å². The maximum Gasteiger partial charge on any atom is 0.322 e. The number of anilines is 1. The van der Waals surface area contributed by atoms with E-state index in [0.717, 1.165) is 5.56 Å². The molecule has 30 heavy (non-hydrogen) atoms. The molecule has 0 aliphatic heterocycles. The third kappa shape index (κ3) is 5.16. The molecule has 1 heterocycles. The number of hydrogen-bond acceptors (Lipinski definition) is 7. The van der Waals surface area contributed by atoms with E-state index in [4.69, 9.17) is 18.6 Å². The average Bonchev–Trinajstić information content (AvgIpc) is 3.19. The minimum Gasteiger partial charge on any atom is -0.493 e. The summed E-state index contributed by atoms with van der Waals surface area (Å²) in [6, 6.07) is 11.5. The highest BCUT2D eigenvalue weighted by atomic mass is 16.5. The second kappa shape index (κ2) is 9.60. The van der Waals surface area contributed by atoms with Crippen molar-refractivity contribution in [3.05, 3.63) is 65.1 Å². The zero-order valence-electron chi connectivity index (χ0n) is 17.3. The number of aromatic nitrogens is 2. The highest BCUT2D eigenvalue weighted by molar-refractivity contribution is 6.00. The minimum absolute atomic E-state index is 0.0386. The van der Waals surface area contributed by atoms with Crippen LogP contribution in [0, 0.1) is 6.92 Å². The lowest BCUT2D eigenvalue weighted by Gasteiger charge is -2.12. The maximum absolute atomic E-state index is 12.2. The van der Waals surface area contributed by atoms with Gasteiger partial charge in [-0.25, -0.2) is 0 Å². The number of aryl methyl sites for hydroxylation is 1. The second-order valence-corrected chi connectivity index (χ2v) is 6.44. The lowest BCUT2D eigenvalue weighted by Crippen LogP contribution is -2.07. The molecule has 0 unspecified atom stereocenters. The van der Waals surface area contributed by atoms with Crippen LogP contribution < -0.4 is 19.5 Å². The molecule has 0 saturated heterocycles. The number of methoxy groups -OCH3 is 3. The number of ether oxygens (including phenoxy) is 3. The predicted octanol–water partition coefficient (Wildman–Crippen LogP) is 3.65. The summed E-state index contributed by atoms with van der Waals surface area (Å²) in [6.45, 7) is 2.02. The fourth-order valence-electron chi connectivity index (χ4n) is 2.77. The first-order valence-corrected chi connectivity index (χ1v) is 9.19. The van der Waals surface area contributed by atoms with Crippen LogP contribution in [0.4, 0.5) is 6.01 Å². The summed E-state index contributed by atoms with van der Waals surface area (Å²) in [4.78, 5) is 12.2. The number of carbonyl (C=O) groups excluding carboxylic acids is 1. The topological polar surface area (TPSA) is 95.7 Å². The van der Waals surface area contributed by atoms with Gasteiger partial charge in [0, 0.05) is 6.08 Å². The van der Waals surface area contributed by atoms with Gasteiger partial charge in [-0.15, -0.1) is 5.10 Å². The summed E-state index contributed by atoms with van der Waals surface area (Å²) in [6.07, 6.45) is 3.46. The molecule has 8 nitrogen and oxygen atoms in total. The SMILES string of the molecule is COc1cc(/C=C/C(=O)Nc2nnc(Cc3ccc(C)cc3)o2)cc(OC)c1OC. The van der Waals surface area contributed by atoms with Crippen molar-refractivity contribution in [3.8, 4) is 17.2 Å². The largest absolute Gasteiger partial charge is 0.493 e. The third-order valence-electron chi connectivity index (χ3n) is 4.29. The molecule has 0 aliphatic rings. The number of nitrogens with one attached hydrogen (secondary N) is 1. The van der Waals surface area contributed by atoms with Gasteiger partial charge in [0.1, 0.15) is 0 Å². The van der Waals surface area contributed by atoms with E-state index in [1.807, 2.05) is 31.2 Å². The molecule has 0 radical (unpaired) electrons. The first-order valence-electron chi connectivity index (χ1n) is 9.19. The molecular weight excluding hydrogens is 386 g/mol. The van der Waals surface area contributed by atoms with Gasteiger partial charge in [0.15, 0.2) is 11.5 Å². The molecule has 3 rings (SSSR count). The fraction of sp³-hybridized carbons (Fsp3) is 0.227. The lowest BCUT2D eigenvalue weighted by atomic mass is 10.1. The van der Waals surface area contributed by atoms with Crippen molar-refractivity contribution in [1.82, 2.24) is 10.2 Å². The Bertz CT molecular complexity index is 1020. The van der Waals surface area contributed by atoms with Crippen molar-refractivity contribution >= 4 is 18.0 Å². The van der Waals surface area contributed by atoms with Crippen LogP contribution in [0.5, 0.6) is 17.2 Å². The molecule has 0 atom stereocenters. The van der Waals surface area contributed by atoms with Crippen LogP contribution in [0.1, 0.15) is 22.6 Å². The monoisotopic (exact) mass is 409 g/mol. The average molecular weight is 409 g/mol. The first kappa shape index (κ1) is 20.9. The van der Waals surface area contributed by atoms with E-state index in [1.165, 1.54) is 33.0 Å². The van der Waals surface area contributed by atoms with Gasteiger partial charge in [-0.05, 0) is 36.3 Å². The quantitative estimate of drug-likeness (QED) is 0.567. The van der Waals surface area contributed by atoms with Crippen molar-refractivity contribution in [2.24, 2.45) is 0 Å². The highest BCUT2D eigenvalue weighted by Crippen LogP contribution is 2.38. The van der Waals surface area contributed by atoms with Crippen molar-refractivity contribution in [1.29, 1.82) is 0 Å². The molecule has 0 saturated carbocycles. The molecule has 0 fully saturated rings. The van der Waals surface area contributed by atoms with Crippen LogP contribution >= 0.6 is 0 Å². The van der Waals surface area contributed by atoms with Crippen LogP contribution in [0.15, 0.2) is 46.9 Å². The summed E-state index contributed by atoms with van der Waals surface area (Å²) in [5, 5.41) is 10.4. The lowest BCUT2D eigenvalue weighted by molar-refractivity contribution is -0.112. The Hall–Kier alpha value is -3.81. The Morgan fingerprint density at radius 2 is 1.70 bits per heavy atom. The van der Waals surface area contributed by atoms with E-state index in [1.54, 1.807) is 18.2 Å². The molecule has 156 valence electrons. The van der Waals surface area contributed by atoms with Gasteiger partial charge >= 0.3 is 6.01 Å². The van der Waals surface area contributed by atoms with Crippen molar-refractivity contribution in [2.45, 2.75) is 13.3 Å². The number of nitrogens with zero attached hydrogens (tertiary/aromatic N) is 2. The van der Waals surface area contributed by atoms with E-state index in [-0.39, 0.29) is 6.01 Å². The standard InChI is InChI=1S/C22H23N3O5/c1-14-5-7-15(8-6-14)13-20-24-25-22(30-20)23-19(26)10-9-16-11-17(27-2)21(29-4)18(12-16)28-3/h5-12H,13H2,1-4H3,(H,23,25,26)/b10-9+. The van der Waals surface area contributed by atoms with Gasteiger partial charge < -0.3 is 18.6 Å². The molecule has 0 aliphatic carbocycles. The van der Waals surface area contributed by atoms with Crippen molar-refractivity contribution in [3.63, 3.8) is 0 Å². The molecule has 2 aromatic carbocycles. The highest BCUT2D eigenvalue weighted by Gasteiger charge is 2.13. The summed E-state index contributed by atoms with van der Waals surface area (Å²) >= 11 is 0. The molecule has 0 bridgehead atoms. The predicted molar refractivity (Wildman–Crippen MR) is 112 cm³/mol. The van der Waals surface area contributed by atoms with E-state index in [0.29, 0.717) is 35.1 Å². The summed E-state index contributed by atoms with van der Waals surface area (Å²) in [5.41, 5.74) is 2.92. The third-order valence-corrected chi connectivity index (χ3v) is 4.29. The fourth-order valence-corrected chi connectivity index (χ4v) is 2.77. The van der Waals surface area contributed by atoms with Crippen LogP contribution in [0.3, 0.4) is 0 Å². The molecule has 1 amide bonds. The normalized spacial score (nSPS) is 10.8. The van der Waals surface area contributed by atoms with Gasteiger partial charge in [-0.1, -0.05) is 34.9 Å². The number of amides is 1. The Morgan fingerprint density at radius 3 is 2.30 bits per heavy atom. The van der Waals surface area contributed by atoms with E-state index in [2.05, 4.69) is 15.5 Å². The van der Waals surface area contributed by atoms with Gasteiger partial charge in [-0.3, -0.25) is 10.1 Å². The summed E-state index contributed by atoms with van der Waals surface area (Å²) in [7, 11) is 4.59. The number of benzene rings is 2. The van der Waals surface area contributed by atoms with Gasteiger partial charge in [-0.2, -0.15) is 0 Å². The van der Waals surface area contributed by atoms with Crippen molar-refractivity contribution < 1.29 is 23.4 Å². The Kier molecular flexibility index (Phi) is 6.69. The number of hydrogen-bond donors (Lipinski definition) is 1. The van der Waals surface area contributed by atoms with Gasteiger partial charge in [0.05, 0.1) is 27.8 Å². The smallest absolute Gasteiger partial charge is 0.322 e. The van der Waals surface area contributed by atoms with Crippen LogP contribution in [-0.2, 0) is 11.2 Å². The summed E-state index contributed by atoms with van der Waals surface area (Å²) in [5.74, 6) is 1.48. The minimum atomic E-state index is -0.408. The van der Waals surface area contributed by atoms with E-state index in [9.17, 15) is 4.79 Å². The van der Waals surface area contributed by atoms with Crippen LogP contribution in [0.25, 0.3) is 6.08 Å².